The van der Waals surface area contributed by atoms with Gasteiger partial charge in [-0.3, -0.25) is 4.55 Å². The zero-order valence-corrected chi connectivity index (χ0v) is 15.1. The smallest absolute Gasteiger partial charge is 0.508 e. The number of phenols is 1. The van der Waals surface area contributed by atoms with Crippen LogP contribution in [0, 0.1) is 6.92 Å². The molecule has 0 aromatic heterocycles. The second-order valence-electron chi connectivity index (χ2n) is 5.12. The monoisotopic (exact) mass is 395 g/mol. The van der Waals surface area contributed by atoms with Crippen molar-refractivity contribution in [3.05, 3.63) is 59.7 Å². The van der Waals surface area contributed by atoms with Crippen molar-refractivity contribution < 1.29 is 31.2 Å². The standard InChI is InChI=1S/C15H16OS.CHF3O3S/c1-12-5-3-4-6-13(12)11-17(2)15-9-7-14(16)8-10-15;2-1(3,4)8(5,6)7/h3-10H,11H2,1-2H3;(H,5,6,7)/p+1. The molecule has 0 bridgehead atoms. The van der Waals surface area contributed by atoms with Crippen molar-refractivity contribution in [1.29, 1.82) is 0 Å². The van der Waals surface area contributed by atoms with E-state index in [0.29, 0.717) is 5.75 Å². The van der Waals surface area contributed by atoms with Crippen LogP contribution >= 0.6 is 0 Å². The van der Waals surface area contributed by atoms with Crippen LogP contribution in [-0.4, -0.2) is 29.8 Å². The third-order valence-corrected chi connectivity index (χ3v) is 5.57. The van der Waals surface area contributed by atoms with Crippen molar-refractivity contribution in [2.24, 2.45) is 0 Å². The van der Waals surface area contributed by atoms with E-state index < -0.39 is 15.6 Å². The number of aryl methyl sites for hydroxylation is 1. The van der Waals surface area contributed by atoms with E-state index in [1.807, 2.05) is 12.1 Å². The molecule has 1 atom stereocenters. The molecule has 0 amide bonds. The Kier molecular flexibility index (Phi) is 7.33. The molecular weight excluding hydrogens is 377 g/mol. The first-order valence-corrected chi connectivity index (χ1v) is 10.2. The zero-order chi connectivity index (χ0) is 19.3. The van der Waals surface area contributed by atoms with Crippen molar-refractivity contribution in [3.8, 4) is 5.75 Å². The van der Waals surface area contributed by atoms with E-state index in [-0.39, 0.29) is 10.9 Å². The molecule has 0 fully saturated rings. The average Bonchev–Trinajstić information content (AvgIpc) is 2.49. The van der Waals surface area contributed by atoms with Crippen LogP contribution in [0.5, 0.6) is 5.75 Å². The number of hydrogen-bond donors (Lipinski definition) is 2. The van der Waals surface area contributed by atoms with Gasteiger partial charge in [0.15, 0.2) is 4.90 Å². The topological polar surface area (TPSA) is 74.6 Å². The summed E-state index contributed by atoms with van der Waals surface area (Å²) in [7, 11) is -5.65. The van der Waals surface area contributed by atoms with Gasteiger partial charge in [-0.1, -0.05) is 24.3 Å². The van der Waals surface area contributed by atoms with Crippen molar-refractivity contribution in [1.82, 2.24) is 0 Å². The fourth-order valence-corrected chi connectivity index (χ4v) is 3.32. The van der Waals surface area contributed by atoms with Crippen molar-refractivity contribution in [3.63, 3.8) is 0 Å². The lowest BCUT2D eigenvalue weighted by Crippen LogP contribution is -2.21. The van der Waals surface area contributed by atoms with Gasteiger partial charge in [0.2, 0.25) is 0 Å². The second kappa shape index (κ2) is 8.59. The predicted molar refractivity (Wildman–Crippen MR) is 92.1 cm³/mol. The first-order valence-electron chi connectivity index (χ1n) is 6.91. The molecule has 2 aromatic carbocycles. The van der Waals surface area contributed by atoms with Gasteiger partial charge < -0.3 is 5.11 Å². The lowest BCUT2D eigenvalue weighted by atomic mass is 10.1. The summed E-state index contributed by atoms with van der Waals surface area (Å²) in [5.41, 5.74) is -2.77. The highest BCUT2D eigenvalue weighted by atomic mass is 32.2. The summed E-state index contributed by atoms with van der Waals surface area (Å²) < 4.78 is 57.5. The number of aromatic hydroxyl groups is 1. The van der Waals surface area contributed by atoms with Crippen molar-refractivity contribution in [2.75, 3.05) is 6.26 Å². The van der Waals surface area contributed by atoms with E-state index in [1.54, 1.807) is 12.1 Å². The molecule has 0 aliphatic carbocycles. The fraction of sp³-hybridized carbons (Fsp3) is 0.250. The number of rotatable bonds is 3. The molecule has 4 nitrogen and oxygen atoms in total. The summed E-state index contributed by atoms with van der Waals surface area (Å²) in [6, 6.07) is 16.1. The third kappa shape index (κ3) is 6.97. The van der Waals surface area contributed by atoms with Crippen LogP contribution in [0.4, 0.5) is 13.2 Å². The summed E-state index contributed by atoms with van der Waals surface area (Å²) >= 11 is 0. The molecule has 9 heteroatoms. The Balaban J connectivity index is 0.000000333. The molecule has 0 radical (unpaired) electrons. The van der Waals surface area contributed by atoms with Crippen LogP contribution in [0.3, 0.4) is 0 Å². The summed E-state index contributed by atoms with van der Waals surface area (Å²) in [5.74, 6) is 1.40. The number of halogens is 3. The number of hydrogen-bond acceptors (Lipinski definition) is 3. The molecule has 0 aliphatic rings. The fourth-order valence-electron chi connectivity index (χ4n) is 1.77. The molecule has 1 unspecified atom stereocenters. The minimum atomic E-state index is -5.84. The maximum absolute atomic E-state index is 10.7. The summed E-state index contributed by atoms with van der Waals surface area (Å²) in [4.78, 5) is 1.30. The lowest BCUT2D eigenvalue weighted by Gasteiger charge is -2.06. The Bertz CT molecular complexity index is 788. The SMILES string of the molecule is Cc1ccccc1C[S+](C)c1ccc(O)cc1.O=S(=O)(O)C(F)(F)F. The Labute approximate surface area is 147 Å². The summed E-state index contributed by atoms with van der Waals surface area (Å²) in [5, 5.41) is 9.28. The van der Waals surface area contributed by atoms with Gasteiger partial charge in [-0.2, -0.15) is 21.6 Å². The highest BCUT2D eigenvalue weighted by Gasteiger charge is 2.44. The van der Waals surface area contributed by atoms with Crippen LogP contribution in [0.25, 0.3) is 0 Å². The van der Waals surface area contributed by atoms with Crippen LogP contribution in [0.15, 0.2) is 53.4 Å². The maximum Gasteiger partial charge on any atom is 0.522 e. The van der Waals surface area contributed by atoms with Crippen LogP contribution < -0.4 is 0 Å². The Morgan fingerprint density at radius 3 is 1.96 bits per heavy atom. The van der Waals surface area contributed by atoms with E-state index in [4.69, 9.17) is 13.0 Å². The van der Waals surface area contributed by atoms with Gasteiger partial charge in [-0.15, -0.1) is 0 Å². The largest absolute Gasteiger partial charge is 0.522 e. The van der Waals surface area contributed by atoms with E-state index in [2.05, 4.69) is 37.4 Å². The van der Waals surface area contributed by atoms with Gasteiger partial charge in [-0.05, 0) is 36.8 Å². The normalized spacial score (nSPS) is 12.9. The molecule has 0 saturated carbocycles. The van der Waals surface area contributed by atoms with Gasteiger partial charge in [0.1, 0.15) is 17.8 Å². The van der Waals surface area contributed by atoms with E-state index >= 15 is 0 Å². The molecule has 2 aromatic rings. The molecule has 0 saturated heterocycles. The average molecular weight is 395 g/mol. The van der Waals surface area contributed by atoms with E-state index in [1.165, 1.54) is 16.0 Å². The Morgan fingerprint density at radius 1 is 1.04 bits per heavy atom. The molecule has 25 heavy (non-hydrogen) atoms. The van der Waals surface area contributed by atoms with Crippen LogP contribution in [-0.2, 0) is 26.8 Å². The second-order valence-corrected chi connectivity index (χ2v) is 8.57. The predicted octanol–water partition coefficient (Wildman–Crippen LogP) is 3.90. The third-order valence-electron chi connectivity index (χ3n) is 3.16. The minimum Gasteiger partial charge on any atom is -0.508 e. The van der Waals surface area contributed by atoms with Gasteiger partial charge in [0, 0.05) is 16.5 Å². The first-order chi connectivity index (χ1) is 11.4. The maximum atomic E-state index is 10.7. The highest BCUT2D eigenvalue weighted by molar-refractivity contribution is 7.95. The van der Waals surface area contributed by atoms with Gasteiger partial charge >= 0.3 is 15.6 Å². The molecule has 138 valence electrons. The molecule has 2 N–H and O–H groups in total. The zero-order valence-electron chi connectivity index (χ0n) is 13.5. The van der Waals surface area contributed by atoms with Crippen molar-refractivity contribution in [2.45, 2.75) is 23.1 Å². The molecule has 0 spiro atoms. The van der Waals surface area contributed by atoms with Crippen LogP contribution in [0.2, 0.25) is 0 Å². The molecule has 2 rings (SSSR count). The highest BCUT2D eigenvalue weighted by Crippen LogP contribution is 2.21. The lowest BCUT2D eigenvalue weighted by molar-refractivity contribution is -0.0510. The molecular formula is C16H18F3O4S2+. The number of alkyl halides is 3. The molecule has 0 aliphatic heterocycles. The van der Waals surface area contributed by atoms with Gasteiger partial charge in [-0.25, -0.2) is 0 Å². The van der Waals surface area contributed by atoms with Gasteiger partial charge in [0.05, 0.1) is 0 Å². The van der Waals surface area contributed by atoms with E-state index in [9.17, 15) is 18.3 Å². The quantitative estimate of drug-likeness (QED) is 0.470. The Hall–Kier alpha value is -1.71. The van der Waals surface area contributed by atoms with E-state index in [0.717, 1.165) is 5.75 Å². The summed E-state index contributed by atoms with van der Waals surface area (Å²) in [6.45, 7) is 2.16. The summed E-state index contributed by atoms with van der Waals surface area (Å²) in [6.07, 6.45) is 2.25. The van der Waals surface area contributed by atoms with Gasteiger partial charge in [0.25, 0.3) is 0 Å². The minimum absolute atomic E-state index is 0.186. The Morgan fingerprint density at radius 2 is 1.52 bits per heavy atom. The number of phenolic OH excluding ortho intramolecular Hbond substituents is 1. The molecule has 0 heterocycles. The van der Waals surface area contributed by atoms with Crippen LogP contribution in [0.1, 0.15) is 11.1 Å². The first kappa shape index (κ1) is 21.3. The number of benzene rings is 2. The van der Waals surface area contributed by atoms with Crippen molar-refractivity contribution >= 4 is 21.0 Å².